The Hall–Kier alpha value is -0.770. The minimum atomic E-state index is -0.494. The van der Waals surface area contributed by atoms with Crippen LogP contribution in [0.1, 0.15) is 38.2 Å². The molecule has 1 atom stereocenters. The Balaban J connectivity index is 1.67. The summed E-state index contributed by atoms with van der Waals surface area (Å²) in [5.41, 5.74) is 1.39. The van der Waals surface area contributed by atoms with Gasteiger partial charge in [-0.3, -0.25) is 0 Å². The predicted octanol–water partition coefficient (Wildman–Crippen LogP) is 3.56. The van der Waals surface area contributed by atoms with Gasteiger partial charge in [-0.15, -0.1) is 0 Å². The fourth-order valence-electron chi connectivity index (χ4n) is 2.90. The average molecular weight is 312 g/mol. The van der Waals surface area contributed by atoms with Gasteiger partial charge in [-0.05, 0) is 48.9 Å². The van der Waals surface area contributed by atoms with Crippen LogP contribution in [0.3, 0.4) is 0 Å². The number of nitrogens with one attached hydrogen (secondary N) is 1. The van der Waals surface area contributed by atoms with Crippen LogP contribution in [0.4, 0.5) is 0 Å². The SMILES string of the molecule is Cc1cc(OCC(O)CNCC2(C)CCCC2)ccc1Cl. The summed E-state index contributed by atoms with van der Waals surface area (Å²) in [5.74, 6) is 0.749. The van der Waals surface area contributed by atoms with Crippen LogP contribution in [0.25, 0.3) is 0 Å². The van der Waals surface area contributed by atoms with Gasteiger partial charge in [0, 0.05) is 18.1 Å². The molecular formula is C17H26ClNO2. The summed E-state index contributed by atoms with van der Waals surface area (Å²) in [5, 5.41) is 14.1. The van der Waals surface area contributed by atoms with E-state index in [4.69, 9.17) is 16.3 Å². The zero-order valence-electron chi connectivity index (χ0n) is 13.0. The summed E-state index contributed by atoms with van der Waals surface area (Å²) >= 11 is 5.97. The van der Waals surface area contributed by atoms with E-state index in [0.29, 0.717) is 18.6 Å². The van der Waals surface area contributed by atoms with Crippen molar-refractivity contribution in [2.75, 3.05) is 19.7 Å². The minimum absolute atomic E-state index is 0.296. The molecule has 118 valence electrons. The van der Waals surface area contributed by atoms with Gasteiger partial charge >= 0.3 is 0 Å². The largest absolute Gasteiger partial charge is 0.491 e. The average Bonchev–Trinajstić information content (AvgIpc) is 2.87. The van der Waals surface area contributed by atoms with Crippen molar-refractivity contribution in [1.82, 2.24) is 5.32 Å². The Kier molecular flexibility index (Phi) is 5.91. The second-order valence-electron chi connectivity index (χ2n) is 6.52. The lowest BCUT2D eigenvalue weighted by molar-refractivity contribution is 0.103. The van der Waals surface area contributed by atoms with E-state index in [1.807, 2.05) is 25.1 Å². The van der Waals surface area contributed by atoms with Crippen LogP contribution < -0.4 is 10.1 Å². The molecule has 0 spiro atoms. The smallest absolute Gasteiger partial charge is 0.119 e. The van der Waals surface area contributed by atoms with Gasteiger partial charge in [0.2, 0.25) is 0 Å². The molecule has 1 saturated carbocycles. The normalized spacial score (nSPS) is 18.7. The molecule has 1 fully saturated rings. The number of aliphatic hydroxyl groups excluding tert-OH is 1. The quantitative estimate of drug-likeness (QED) is 0.809. The van der Waals surface area contributed by atoms with E-state index >= 15 is 0 Å². The number of hydrogen-bond acceptors (Lipinski definition) is 3. The van der Waals surface area contributed by atoms with E-state index in [-0.39, 0.29) is 0 Å². The molecule has 0 heterocycles. The molecule has 0 radical (unpaired) electrons. The first-order valence-corrected chi connectivity index (χ1v) is 8.14. The molecule has 1 aliphatic carbocycles. The summed E-state index contributed by atoms with van der Waals surface area (Å²) in [6.45, 7) is 6.11. The molecule has 0 saturated heterocycles. The number of benzene rings is 1. The van der Waals surface area contributed by atoms with Gasteiger partial charge in [0.05, 0.1) is 0 Å². The fraction of sp³-hybridized carbons (Fsp3) is 0.647. The van der Waals surface area contributed by atoms with Gasteiger partial charge in [0.25, 0.3) is 0 Å². The molecule has 2 N–H and O–H groups in total. The number of halogens is 1. The molecule has 1 unspecified atom stereocenters. The van der Waals surface area contributed by atoms with Crippen LogP contribution in [0, 0.1) is 12.3 Å². The topological polar surface area (TPSA) is 41.5 Å². The summed E-state index contributed by atoms with van der Waals surface area (Å²) in [6.07, 6.45) is 4.75. The lowest BCUT2D eigenvalue weighted by atomic mass is 9.89. The third-order valence-corrected chi connectivity index (χ3v) is 4.74. The molecule has 2 rings (SSSR count). The summed E-state index contributed by atoms with van der Waals surface area (Å²) in [6, 6.07) is 5.54. The Labute approximate surface area is 132 Å². The maximum absolute atomic E-state index is 9.98. The molecule has 3 nitrogen and oxygen atoms in total. The molecular weight excluding hydrogens is 286 g/mol. The van der Waals surface area contributed by atoms with Crippen molar-refractivity contribution in [3.8, 4) is 5.75 Å². The fourth-order valence-corrected chi connectivity index (χ4v) is 3.02. The van der Waals surface area contributed by atoms with Gasteiger partial charge < -0.3 is 15.2 Å². The number of ether oxygens (including phenoxy) is 1. The molecule has 0 bridgehead atoms. The van der Waals surface area contributed by atoms with E-state index in [2.05, 4.69) is 12.2 Å². The maximum Gasteiger partial charge on any atom is 0.119 e. The zero-order valence-corrected chi connectivity index (χ0v) is 13.7. The summed E-state index contributed by atoms with van der Waals surface area (Å²) < 4.78 is 5.60. The van der Waals surface area contributed by atoms with Crippen molar-refractivity contribution in [1.29, 1.82) is 0 Å². The van der Waals surface area contributed by atoms with Gasteiger partial charge in [-0.2, -0.15) is 0 Å². The van der Waals surface area contributed by atoms with Crippen LogP contribution in [-0.4, -0.2) is 30.9 Å². The van der Waals surface area contributed by atoms with Crippen LogP contribution in [0.5, 0.6) is 5.75 Å². The number of hydrogen-bond donors (Lipinski definition) is 2. The molecule has 21 heavy (non-hydrogen) atoms. The lowest BCUT2D eigenvalue weighted by Crippen LogP contribution is -2.37. The van der Waals surface area contributed by atoms with E-state index in [1.54, 1.807) is 0 Å². The van der Waals surface area contributed by atoms with Gasteiger partial charge in [0.15, 0.2) is 0 Å². The monoisotopic (exact) mass is 311 g/mol. The highest BCUT2D eigenvalue weighted by molar-refractivity contribution is 6.31. The highest BCUT2D eigenvalue weighted by Gasteiger charge is 2.28. The summed E-state index contributed by atoms with van der Waals surface area (Å²) in [4.78, 5) is 0. The maximum atomic E-state index is 9.98. The Morgan fingerprint density at radius 3 is 2.76 bits per heavy atom. The minimum Gasteiger partial charge on any atom is -0.491 e. The van der Waals surface area contributed by atoms with Crippen molar-refractivity contribution in [2.45, 2.75) is 45.6 Å². The van der Waals surface area contributed by atoms with E-state index in [0.717, 1.165) is 22.9 Å². The Bertz CT molecular complexity index is 458. The van der Waals surface area contributed by atoms with E-state index < -0.39 is 6.10 Å². The summed E-state index contributed by atoms with van der Waals surface area (Å²) in [7, 11) is 0. The molecule has 1 aromatic carbocycles. The number of rotatable bonds is 7. The van der Waals surface area contributed by atoms with Crippen molar-refractivity contribution >= 4 is 11.6 Å². The zero-order chi connectivity index (χ0) is 15.3. The van der Waals surface area contributed by atoms with Crippen LogP contribution in [0.2, 0.25) is 5.02 Å². The van der Waals surface area contributed by atoms with Gasteiger partial charge in [0.1, 0.15) is 18.5 Å². The van der Waals surface area contributed by atoms with Crippen molar-refractivity contribution in [3.63, 3.8) is 0 Å². The van der Waals surface area contributed by atoms with Crippen LogP contribution >= 0.6 is 11.6 Å². The number of aliphatic hydroxyl groups is 1. The molecule has 0 aromatic heterocycles. The lowest BCUT2D eigenvalue weighted by Gasteiger charge is -2.24. The van der Waals surface area contributed by atoms with Crippen LogP contribution in [0.15, 0.2) is 18.2 Å². The Morgan fingerprint density at radius 2 is 2.10 bits per heavy atom. The molecule has 1 aromatic rings. The second-order valence-corrected chi connectivity index (χ2v) is 6.93. The van der Waals surface area contributed by atoms with Gasteiger partial charge in [-0.25, -0.2) is 0 Å². The standard InChI is InChI=1S/C17H26ClNO2/c1-13-9-15(5-6-16(13)18)21-11-14(20)10-19-12-17(2)7-3-4-8-17/h5-6,9,14,19-20H,3-4,7-8,10-12H2,1-2H3. The third-order valence-electron chi connectivity index (χ3n) is 4.31. The first-order valence-electron chi connectivity index (χ1n) is 7.76. The van der Waals surface area contributed by atoms with Crippen molar-refractivity contribution in [2.24, 2.45) is 5.41 Å². The molecule has 1 aliphatic rings. The van der Waals surface area contributed by atoms with Crippen molar-refractivity contribution in [3.05, 3.63) is 28.8 Å². The molecule has 0 amide bonds. The van der Waals surface area contributed by atoms with Crippen LogP contribution in [-0.2, 0) is 0 Å². The Morgan fingerprint density at radius 1 is 1.38 bits per heavy atom. The van der Waals surface area contributed by atoms with Gasteiger partial charge in [-0.1, -0.05) is 31.4 Å². The number of aryl methyl sites for hydroxylation is 1. The molecule has 4 heteroatoms. The second kappa shape index (κ2) is 7.48. The highest BCUT2D eigenvalue weighted by Crippen LogP contribution is 2.36. The molecule has 0 aliphatic heterocycles. The van der Waals surface area contributed by atoms with Crippen molar-refractivity contribution < 1.29 is 9.84 Å². The predicted molar refractivity (Wildman–Crippen MR) is 87.1 cm³/mol. The third kappa shape index (κ3) is 5.17. The van der Waals surface area contributed by atoms with E-state index in [1.165, 1.54) is 25.7 Å². The highest BCUT2D eigenvalue weighted by atomic mass is 35.5. The van der Waals surface area contributed by atoms with E-state index in [9.17, 15) is 5.11 Å². The first-order chi connectivity index (χ1) is 9.98. The first kappa shape index (κ1) is 16.6.